The average Bonchev–Trinajstić information content (AvgIpc) is 2.92. The summed E-state index contributed by atoms with van der Waals surface area (Å²) in [5, 5.41) is 7.79. The van der Waals surface area contributed by atoms with Crippen LogP contribution in [0.5, 0.6) is 5.75 Å². The molecule has 0 unspecified atom stereocenters. The lowest BCUT2D eigenvalue weighted by molar-refractivity contribution is 0.0963. The number of aromatic nitrogens is 1. The smallest absolute Gasteiger partial charge is 0.251 e. The standard InChI is InChI=1S/C32H34ClN3O2/c1-20-13-21(2)15-24(14-20)28-19-36-30-18-29(33)26(22-7-6-8-23(16-22)32(37)34-3)17-27(30)31(28)38-12-10-25-9-4-5-11-35-25/h6-8,13-19,25,35H,4-5,9-12H2,1-3H3,(H,34,37)/t25-/m1/s1. The first-order valence-corrected chi connectivity index (χ1v) is 13.7. The molecule has 1 aliphatic heterocycles. The number of rotatable bonds is 7. The number of nitrogens with one attached hydrogen (secondary N) is 2. The van der Waals surface area contributed by atoms with Crippen molar-refractivity contribution in [1.29, 1.82) is 0 Å². The van der Waals surface area contributed by atoms with E-state index < -0.39 is 0 Å². The van der Waals surface area contributed by atoms with Crippen molar-refractivity contribution in [3.05, 3.63) is 82.5 Å². The Balaban J connectivity index is 1.61. The zero-order valence-corrected chi connectivity index (χ0v) is 23.0. The van der Waals surface area contributed by atoms with E-state index in [-0.39, 0.29) is 5.91 Å². The van der Waals surface area contributed by atoms with E-state index in [1.54, 1.807) is 13.1 Å². The van der Waals surface area contributed by atoms with Gasteiger partial charge in [-0.25, -0.2) is 0 Å². The number of hydrogen-bond acceptors (Lipinski definition) is 4. The lowest BCUT2D eigenvalue weighted by atomic mass is 9.97. The minimum atomic E-state index is -0.136. The fraction of sp³-hybridized carbons (Fsp3) is 0.312. The summed E-state index contributed by atoms with van der Waals surface area (Å²) in [7, 11) is 1.63. The summed E-state index contributed by atoms with van der Waals surface area (Å²) < 4.78 is 6.61. The third-order valence-electron chi connectivity index (χ3n) is 7.23. The van der Waals surface area contributed by atoms with E-state index >= 15 is 0 Å². The van der Waals surface area contributed by atoms with E-state index in [0.29, 0.717) is 23.2 Å². The second-order valence-corrected chi connectivity index (χ2v) is 10.6. The topological polar surface area (TPSA) is 63.2 Å². The molecule has 1 atom stereocenters. The summed E-state index contributed by atoms with van der Waals surface area (Å²) in [6, 6.07) is 18.4. The largest absolute Gasteiger partial charge is 0.492 e. The number of pyridine rings is 1. The first-order valence-electron chi connectivity index (χ1n) is 13.3. The predicted octanol–water partition coefficient (Wildman–Crippen LogP) is 7.11. The van der Waals surface area contributed by atoms with Crippen molar-refractivity contribution < 1.29 is 9.53 Å². The minimum Gasteiger partial charge on any atom is -0.492 e. The molecule has 1 fully saturated rings. The molecule has 0 saturated carbocycles. The Hall–Kier alpha value is -3.41. The van der Waals surface area contributed by atoms with Crippen LogP contribution in [0.25, 0.3) is 33.2 Å². The van der Waals surface area contributed by atoms with Crippen LogP contribution in [0.2, 0.25) is 5.02 Å². The molecule has 5 nitrogen and oxygen atoms in total. The molecule has 1 saturated heterocycles. The number of amides is 1. The molecule has 38 heavy (non-hydrogen) atoms. The molecule has 0 aliphatic carbocycles. The molecule has 0 bridgehead atoms. The first-order chi connectivity index (χ1) is 18.4. The number of piperidine rings is 1. The molecular weight excluding hydrogens is 494 g/mol. The van der Waals surface area contributed by atoms with E-state index in [1.165, 1.54) is 30.4 Å². The van der Waals surface area contributed by atoms with Crippen molar-refractivity contribution in [3.8, 4) is 28.0 Å². The van der Waals surface area contributed by atoms with Crippen LogP contribution >= 0.6 is 11.6 Å². The monoisotopic (exact) mass is 527 g/mol. The number of ether oxygens (including phenoxy) is 1. The van der Waals surface area contributed by atoms with E-state index in [2.05, 4.69) is 42.7 Å². The van der Waals surface area contributed by atoms with Gasteiger partial charge in [-0.05, 0) is 75.0 Å². The van der Waals surface area contributed by atoms with E-state index in [0.717, 1.165) is 51.9 Å². The van der Waals surface area contributed by atoms with Crippen LogP contribution in [0.3, 0.4) is 0 Å². The van der Waals surface area contributed by atoms with Crippen molar-refractivity contribution >= 4 is 28.4 Å². The van der Waals surface area contributed by atoms with Gasteiger partial charge in [-0.2, -0.15) is 0 Å². The molecule has 3 aromatic carbocycles. The molecule has 2 N–H and O–H groups in total. The van der Waals surface area contributed by atoms with Crippen LogP contribution in [0.4, 0.5) is 0 Å². The Kier molecular flexibility index (Phi) is 7.96. The highest BCUT2D eigenvalue weighted by molar-refractivity contribution is 6.34. The van der Waals surface area contributed by atoms with Gasteiger partial charge < -0.3 is 15.4 Å². The van der Waals surface area contributed by atoms with Crippen molar-refractivity contribution in [2.45, 2.75) is 45.6 Å². The average molecular weight is 528 g/mol. The van der Waals surface area contributed by atoms with Crippen molar-refractivity contribution in [2.24, 2.45) is 0 Å². The quantitative estimate of drug-likeness (QED) is 0.269. The van der Waals surface area contributed by atoms with Gasteiger partial charge in [-0.15, -0.1) is 0 Å². The molecule has 1 amide bonds. The third-order valence-corrected chi connectivity index (χ3v) is 7.54. The third kappa shape index (κ3) is 5.69. The zero-order chi connectivity index (χ0) is 26.6. The van der Waals surface area contributed by atoms with Crippen LogP contribution in [-0.4, -0.2) is 37.1 Å². The molecule has 1 aliphatic rings. The zero-order valence-electron chi connectivity index (χ0n) is 22.2. The molecule has 2 heterocycles. The summed E-state index contributed by atoms with van der Waals surface area (Å²) in [5.74, 6) is 0.680. The number of halogens is 1. The van der Waals surface area contributed by atoms with E-state index in [9.17, 15) is 4.79 Å². The first kappa shape index (κ1) is 26.2. The van der Waals surface area contributed by atoms with Crippen LogP contribution in [0.1, 0.15) is 47.2 Å². The van der Waals surface area contributed by atoms with E-state index in [1.807, 2.05) is 36.5 Å². The fourth-order valence-corrected chi connectivity index (χ4v) is 5.61. The molecule has 6 heteroatoms. The predicted molar refractivity (Wildman–Crippen MR) is 156 cm³/mol. The maximum Gasteiger partial charge on any atom is 0.251 e. The number of aryl methyl sites for hydroxylation is 2. The Labute approximate surface area is 229 Å². The van der Waals surface area contributed by atoms with Crippen molar-refractivity contribution in [2.75, 3.05) is 20.2 Å². The number of benzene rings is 3. The van der Waals surface area contributed by atoms with E-state index in [4.69, 9.17) is 21.3 Å². The summed E-state index contributed by atoms with van der Waals surface area (Å²) in [5.41, 5.74) is 7.50. The highest BCUT2D eigenvalue weighted by atomic mass is 35.5. The normalized spacial score (nSPS) is 15.4. The Morgan fingerprint density at radius 3 is 2.61 bits per heavy atom. The lowest BCUT2D eigenvalue weighted by Crippen LogP contribution is -2.35. The highest BCUT2D eigenvalue weighted by Gasteiger charge is 2.18. The molecule has 196 valence electrons. The number of carbonyl (C=O) groups excluding carboxylic acids is 1. The van der Waals surface area contributed by atoms with Crippen molar-refractivity contribution in [1.82, 2.24) is 15.6 Å². The molecule has 0 radical (unpaired) electrons. The second kappa shape index (κ2) is 11.5. The van der Waals surface area contributed by atoms with Crippen molar-refractivity contribution in [3.63, 3.8) is 0 Å². The van der Waals surface area contributed by atoms with Gasteiger partial charge in [0.2, 0.25) is 0 Å². The second-order valence-electron chi connectivity index (χ2n) is 10.2. The summed E-state index contributed by atoms with van der Waals surface area (Å²) >= 11 is 6.77. The van der Waals surface area contributed by atoms with Crippen LogP contribution in [-0.2, 0) is 0 Å². The number of fused-ring (bicyclic) bond motifs is 1. The number of hydrogen-bond donors (Lipinski definition) is 2. The highest BCUT2D eigenvalue weighted by Crippen LogP contribution is 2.41. The molecular formula is C32H34ClN3O2. The fourth-order valence-electron chi connectivity index (χ4n) is 5.35. The maximum atomic E-state index is 12.3. The van der Waals surface area contributed by atoms with Gasteiger partial charge in [0.15, 0.2) is 0 Å². The van der Waals surface area contributed by atoms with Gasteiger partial charge in [-0.1, -0.05) is 59.5 Å². The van der Waals surface area contributed by atoms with Crippen LogP contribution in [0, 0.1) is 13.8 Å². The molecule has 5 rings (SSSR count). The molecule has 1 aromatic heterocycles. The van der Waals surface area contributed by atoms with Gasteiger partial charge in [0, 0.05) is 41.4 Å². The number of nitrogens with zero attached hydrogens (tertiary/aromatic N) is 1. The Morgan fingerprint density at radius 2 is 1.87 bits per heavy atom. The lowest BCUT2D eigenvalue weighted by Gasteiger charge is -2.24. The molecule has 4 aromatic rings. The minimum absolute atomic E-state index is 0.136. The van der Waals surface area contributed by atoms with Gasteiger partial charge >= 0.3 is 0 Å². The van der Waals surface area contributed by atoms with Gasteiger partial charge in [0.1, 0.15) is 5.75 Å². The maximum absolute atomic E-state index is 12.3. The SMILES string of the molecule is CNC(=O)c1cccc(-c2cc3c(OCC[C@H]4CCCCN4)c(-c4cc(C)cc(C)c4)cnc3cc2Cl)c1. The van der Waals surface area contributed by atoms with Gasteiger partial charge in [0.05, 0.1) is 17.1 Å². The summed E-state index contributed by atoms with van der Waals surface area (Å²) in [6.07, 6.45) is 6.54. The summed E-state index contributed by atoms with van der Waals surface area (Å²) in [6.45, 7) is 5.90. The van der Waals surface area contributed by atoms with Crippen LogP contribution < -0.4 is 15.4 Å². The van der Waals surface area contributed by atoms with Gasteiger partial charge in [-0.3, -0.25) is 9.78 Å². The van der Waals surface area contributed by atoms with Gasteiger partial charge in [0.25, 0.3) is 5.91 Å². The number of carbonyl (C=O) groups is 1. The summed E-state index contributed by atoms with van der Waals surface area (Å²) in [4.78, 5) is 17.1. The van der Waals surface area contributed by atoms with Crippen LogP contribution in [0.15, 0.2) is 60.8 Å². The Morgan fingerprint density at radius 1 is 1.05 bits per heavy atom. The Bertz CT molecular complexity index is 1460. The molecule has 0 spiro atoms.